The lowest BCUT2D eigenvalue weighted by atomic mass is 10.1. The summed E-state index contributed by atoms with van der Waals surface area (Å²) in [6, 6.07) is 0. The molecule has 0 unspecified atom stereocenters. The SMILES string of the molecule is CCOC(=O)C(C(=O)OC)=C(C)C. The molecule has 0 aliphatic carbocycles. The number of rotatable bonds is 3. The van der Waals surface area contributed by atoms with Crippen molar-refractivity contribution in [3.05, 3.63) is 11.1 Å². The van der Waals surface area contributed by atoms with E-state index in [-0.39, 0.29) is 12.2 Å². The van der Waals surface area contributed by atoms with Crippen LogP contribution in [0.4, 0.5) is 0 Å². The number of allylic oxidation sites excluding steroid dienone is 1. The lowest BCUT2D eigenvalue weighted by Crippen LogP contribution is -2.18. The van der Waals surface area contributed by atoms with Crippen molar-refractivity contribution in [3.8, 4) is 0 Å². The Morgan fingerprint density at radius 3 is 2.00 bits per heavy atom. The number of hydrogen-bond donors (Lipinski definition) is 0. The molecular weight excluding hydrogens is 172 g/mol. The molecule has 0 amide bonds. The van der Waals surface area contributed by atoms with Gasteiger partial charge in [-0.2, -0.15) is 0 Å². The summed E-state index contributed by atoms with van der Waals surface area (Å²) < 4.78 is 9.13. The minimum absolute atomic E-state index is 0.0237. The minimum atomic E-state index is -0.654. The minimum Gasteiger partial charge on any atom is -0.465 e. The zero-order valence-corrected chi connectivity index (χ0v) is 8.34. The summed E-state index contributed by atoms with van der Waals surface area (Å²) in [5.74, 6) is -1.28. The Morgan fingerprint density at radius 2 is 1.69 bits per heavy atom. The molecule has 0 aliphatic rings. The highest BCUT2D eigenvalue weighted by Crippen LogP contribution is 2.07. The summed E-state index contributed by atoms with van der Waals surface area (Å²) in [4.78, 5) is 22.3. The first kappa shape index (κ1) is 11.7. The third-order valence-corrected chi connectivity index (χ3v) is 1.37. The molecule has 4 heteroatoms. The van der Waals surface area contributed by atoms with Crippen LogP contribution in [0, 0.1) is 0 Å². The zero-order valence-electron chi connectivity index (χ0n) is 8.34. The third-order valence-electron chi connectivity index (χ3n) is 1.37. The first-order valence-electron chi connectivity index (χ1n) is 3.97. The average Bonchev–Trinajstić information content (AvgIpc) is 2.04. The van der Waals surface area contributed by atoms with Crippen molar-refractivity contribution < 1.29 is 19.1 Å². The molecule has 0 N–H and O–H groups in total. The van der Waals surface area contributed by atoms with Gasteiger partial charge in [-0.3, -0.25) is 0 Å². The van der Waals surface area contributed by atoms with E-state index in [1.54, 1.807) is 20.8 Å². The zero-order chi connectivity index (χ0) is 10.4. The number of esters is 2. The second-order valence-electron chi connectivity index (χ2n) is 2.59. The topological polar surface area (TPSA) is 52.6 Å². The Morgan fingerprint density at radius 1 is 1.15 bits per heavy atom. The first-order chi connectivity index (χ1) is 6.04. The molecule has 0 fully saturated rings. The van der Waals surface area contributed by atoms with Gasteiger partial charge in [0.2, 0.25) is 0 Å². The van der Waals surface area contributed by atoms with Gasteiger partial charge in [-0.1, -0.05) is 5.57 Å². The van der Waals surface area contributed by atoms with Gasteiger partial charge in [-0.05, 0) is 20.8 Å². The standard InChI is InChI=1S/C9H14O4/c1-5-13-9(11)7(6(2)3)8(10)12-4/h5H2,1-4H3. The second-order valence-corrected chi connectivity index (χ2v) is 2.59. The van der Waals surface area contributed by atoms with E-state index < -0.39 is 11.9 Å². The van der Waals surface area contributed by atoms with Crippen molar-refractivity contribution in [2.75, 3.05) is 13.7 Å². The van der Waals surface area contributed by atoms with Gasteiger partial charge < -0.3 is 9.47 Å². The molecule has 0 aromatic carbocycles. The van der Waals surface area contributed by atoms with E-state index >= 15 is 0 Å². The van der Waals surface area contributed by atoms with Crippen LogP contribution >= 0.6 is 0 Å². The number of methoxy groups -OCH3 is 1. The molecule has 0 aromatic rings. The highest BCUT2D eigenvalue weighted by atomic mass is 16.5. The van der Waals surface area contributed by atoms with Gasteiger partial charge in [0.1, 0.15) is 5.57 Å². The van der Waals surface area contributed by atoms with Crippen LogP contribution in [0.25, 0.3) is 0 Å². The molecule has 0 saturated carbocycles. The first-order valence-corrected chi connectivity index (χ1v) is 3.97. The van der Waals surface area contributed by atoms with Crippen LogP contribution in [0.1, 0.15) is 20.8 Å². The maximum absolute atomic E-state index is 11.2. The van der Waals surface area contributed by atoms with Gasteiger partial charge in [-0.25, -0.2) is 9.59 Å². The molecule has 4 nitrogen and oxygen atoms in total. The van der Waals surface area contributed by atoms with E-state index in [1.165, 1.54) is 7.11 Å². The summed E-state index contributed by atoms with van der Waals surface area (Å²) in [7, 11) is 1.23. The molecule has 0 rings (SSSR count). The summed E-state index contributed by atoms with van der Waals surface area (Å²) in [5.41, 5.74) is 0.564. The van der Waals surface area contributed by atoms with Crippen LogP contribution in [-0.4, -0.2) is 25.7 Å². The summed E-state index contributed by atoms with van der Waals surface area (Å²) >= 11 is 0. The van der Waals surface area contributed by atoms with Gasteiger partial charge in [-0.15, -0.1) is 0 Å². The van der Waals surface area contributed by atoms with Gasteiger partial charge in [0.25, 0.3) is 0 Å². The molecule has 0 atom stereocenters. The Hall–Kier alpha value is -1.32. The average molecular weight is 186 g/mol. The maximum Gasteiger partial charge on any atom is 0.345 e. The third kappa shape index (κ3) is 3.27. The summed E-state index contributed by atoms with van der Waals surface area (Å²) in [6.07, 6.45) is 0. The van der Waals surface area contributed by atoms with Gasteiger partial charge >= 0.3 is 11.9 Å². The predicted octanol–water partition coefficient (Wildman–Crippen LogP) is 1.06. The molecule has 0 saturated heterocycles. The Balaban J connectivity index is 4.75. The second kappa shape index (κ2) is 5.35. The van der Waals surface area contributed by atoms with Gasteiger partial charge in [0.15, 0.2) is 0 Å². The number of hydrogen-bond acceptors (Lipinski definition) is 4. The fourth-order valence-electron chi connectivity index (χ4n) is 0.797. The highest BCUT2D eigenvalue weighted by molar-refractivity contribution is 6.14. The highest BCUT2D eigenvalue weighted by Gasteiger charge is 2.21. The smallest absolute Gasteiger partial charge is 0.345 e. The van der Waals surface area contributed by atoms with Gasteiger partial charge in [0.05, 0.1) is 13.7 Å². The van der Waals surface area contributed by atoms with E-state index in [2.05, 4.69) is 4.74 Å². The van der Waals surface area contributed by atoms with Gasteiger partial charge in [0, 0.05) is 0 Å². The van der Waals surface area contributed by atoms with Crippen LogP contribution in [-0.2, 0) is 19.1 Å². The quantitative estimate of drug-likeness (QED) is 0.286. The van der Waals surface area contributed by atoms with E-state index in [1.807, 2.05) is 0 Å². The maximum atomic E-state index is 11.2. The van der Waals surface area contributed by atoms with Crippen molar-refractivity contribution in [2.45, 2.75) is 20.8 Å². The lowest BCUT2D eigenvalue weighted by Gasteiger charge is -2.06. The monoisotopic (exact) mass is 186 g/mol. The van der Waals surface area contributed by atoms with Crippen LogP contribution in [0.2, 0.25) is 0 Å². The van der Waals surface area contributed by atoms with Crippen molar-refractivity contribution in [3.63, 3.8) is 0 Å². The molecule has 74 valence electrons. The Labute approximate surface area is 77.5 Å². The molecule has 0 radical (unpaired) electrons. The van der Waals surface area contributed by atoms with E-state index in [0.29, 0.717) is 5.57 Å². The van der Waals surface area contributed by atoms with Crippen molar-refractivity contribution in [1.29, 1.82) is 0 Å². The fourth-order valence-corrected chi connectivity index (χ4v) is 0.797. The van der Waals surface area contributed by atoms with Crippen LogP contribution in [0.3, 0.4) is 0 Å². The van der Waals surface area contributed by atoms with E-state index in [9.17, 15) is 9.59 Å². The lowest BCUT2D eigenvalue weighted by molar-refractivity contribution is -0.145. The molecule has 0 spiro atoms. The molecule has 0 aliphatic heterocycles. The number of ether oxygens (including phenoxy) is 2. The van der Waals surface area contributed by atoms with Crippen LogP contribution in [0.5, 0.6) is 0 Å². The largest absolute Gasteiger partial charge is 0.465 e. The Bertz CT molecular complexity index is 236. The molecular formula is C9H14O4. The summed E-state index contributed by atoms with van der Waals surface area (Å²) in [6.45, 7) is 5.23. The van der Waals surface area contributed by atoms with Crippen LogP contribution in [0.15, 0.2) is 11.1 Å². The van der Waals surface area contributed by atoms with Crippen molar-refractivity contribution in [1.82, 2.24) is 0 Å². The molecule has 0 bridgehead atoms. The predicted molar refractivity (Wildman–Crippen MR) is 47.0 cm³/mol. The van der Waals surface area contributed by atoms with Crippen molar-refractivity contribution >= 4 is 11.9 Å². The van der Waals surface area contributed by atoms with E-state index in [4.69, 9.17) is 4.74 Å². The normalized spacial score (nSPS) is 8.92. The van der Waals surface area contributed by atoms with Crippen molar-refractivity contribution in [2.24, 2.45) is 0 Å². The summed E-state index contributed by atoms with van der Waals surface area (Å²) in [5, 5.41) is 0. The fraction of sp³-hybridized carbons (Fsp3) is 0.556. The number of carbonyl (C=O) groups excluding carboxylic acids is 2. The molecule has 0 heterocycles. The van der Waals surface area contributed by atoms with Crippen LogP contribution < -0.4 is 0 Å². The number of carbonyl (C=O) groups is 2. The molecule has 13 heavy (non-hydrogen) atoms. The molecule has 0 aromatic heterocycles. The Kier molecular flexibility index (Phi) is 4.80. The van der Waals surface area contributed by atoms with E-state index in [0.717, 1.165) is 0 Å².